The van der Waals surface area contributed by atoms with Gasteiger partial charge in [-0.2, -0.15) is 13.2 Å². The number of aliphatic hydroxyl groups is 1. The number of nitrogens with zero attached hydrogens (tertiary/aromatic N) is 6. The number of rotatable bonds is 9. The number of alkyl halides is 3. The van der Waals surface area contributed by atoms with Crippen LogP contribution in [0.15, 0.2) is 82.6 Å². The Balaban J connectivity index is 1.54. The number of aliphatic hydroxyl groups excluding tert-OH is 1. The standard InChI is InChI=1S/C30H29ClF3N7O3/c1-16(7-9-21(18(3)31)26(42)17(2)28(43)40(4)5)37-29-38-22-13-19(8-10-24(22)41(29)6)44-20-11-12-35-23(14-20)27-36-15-25(39-27)30(32,33)34/h7-15,26,42H,2H2,1,3-6H3,(H,36,39)/b9-7-,21-18?,37-16?. The highest BCUT2D eigenvalue weighted by Crippen LogP contribution is 2.31. The predicted molar refractivity (Wildman–Crippen MR) is 162 cm³/mol. The highest BCUT2D eigenvalue weighted by molar-refractivity contribution is 6.30. The van der Waals surface area contributed by atoms with Crippen LogP contribution in [0.4, 0.5) is 19.1 Å². The lowest BCUT2D eigenvalue weighted by Crippen LogP contribution is -2.29. The number of aromatic nitrogens is 5. The van der Waals surface area contributed by atoms with Crippen molar-refractivity contribution in [3.05, 3.63) is 83.3 Å². The fourth-order valence-electron chi connectivity index (χ4n) is 4.06. The Labute approximate surface area is 255 Å². The van der Waals surface area contributed by atoms with E-state index in [0.29, 0.717) is 45.5 Å². The number of nitrogens with one attached hydrogen (secondary N) is 1. The lowest BCUT2D eigenvalue weighted by molar-refractivity contribution is -0.140. The molecule has 1 aromatic carbocycles. The number of H-pyrrole nitrogens is 1. The number of hydrogen-bond donors (Lipinski definition) is 2. The molecule has 0 radical (unpaired) electrons. The van der Waals surface area contributed by atoms with Crippen molar-refractivity contribution in [1.29, 1.82) is 0 Å². The molecule has 0 fully saturated rings. The third kappa shape index (κ3) is 7.24. The molecule has 10 nitrogen and oxygen atoms in total. The monoisotopic (exact) mass is 627 g/mol. The van der Waals surface area contributed by atoms with Crippen LogP contribution in [-0.4, -0.2) is 66.3 Å². The first-order valence-electron chi connectivity index (χ1n) is 13.1. The van der Waals surface area contributed by atoms with E-state index in [4.69, 9.17) is 16.3 Å². The number of aromatic amines is 1. The summed E-state index contributed by atoms with van der Waals surface area (Å²) < 4.78 is 46.6. The number of aryl methyl sites for hydroxylation is 1. The number of ether oxygens (including phenoxy) is 1. The van der Waals surface area contributed by atoms with E-state index >= 15 is 0 Å². The van der Waals surface area contributed by atoms with Crippen LogP contribution < -0.4 is 4.74 Å². The Hall–Kier alpha value is -4.75. The number of allylic oxidation sites excluding steroid dienone is 2. The average Bonchev–Trinajstić information content (AvgIpc) is 3.57. The van der Waals surface area contributed by atoms with Crippen LogP contribution in [0.2, 0.25) is 0 Å². The Kier molecular flexibility index (Phi) is 9.40. The van der Waals surface area contributed by atoms with Gasteiger partial charge in [-0.3, -0.25) is 9.78 Å². The summed E-state index contributed by atoms with van der Waals surface area (Å²) in [5.41, 5.74) is 1.39. The van der Waals surface area contributed by atoms with Crippen molar-refractivity contribution in [2.45, 2.75) is 26.1 Å². The first kappa shape index (κ1) is 32.2. The maximum atomic E-state index is 12.9. The summed E-state index contributed by atoms with van der Waals surface area (Å²) in [4.78, 5) is 32.8. The SMILES string of the molecule is C=C(C(=O)N(C)C)C(O)C(/C=C\C(C)=Nc1nc2cc(Oc3ccnc(-c4ncc(C(F)(F)F)[nH]4)c3)ccc2n1C)=C(C)Cl. The average molecular weight is 628 g/mol. The lowest BCUT2D eigenvalue weighted by atomic mass is 10.0. The van der Waals surface area contributed by atoms with Crippen molar-refractivity contribution in [2.24, 2.45) is 12.0 Å². The zero-order valence-corrected chi connectivity index (χ0v) is 25.2. The molecular weight excluding hydrogens is 599 g/mol. The fraction of sp³-hybridized carbons (Fsp3) is 0.233. The highest BCUT2D eigenvalue weighted by Gasteiger charge is 2.33. The van der Waals surface area contributed by atoms with Crippen LogP contribution >= 0.6 is 11.6 Å². The molecule has 0 saturated carbocycles. The minimum Gasteiger partial charge on any atom is -0.457 e. The normalized spacial score (nSPS) is 13.7. The number of hydrogen-bond acceptors (Lipinski definition) is 7. The van der Waals surface area contributed by atoms with E-state index in [1.165, 1.54) is 17.2 Å². The van der Waals surface area contributed by atoms with Gasteiger partial charge < -0.3 is 24.3 Å². The summed E-state index contributed by atoms with van der Waals surface area (Å²) in [6.45, 7) is 7.05. The van der Waals surface area contributed by atoms with Gasteiger partial charge in [-0.15, -0.1) is 0 Å². The van der Waals surface area contributed by atoms with Gasteiger partial charge in [0.05, 0.1) is 17.2 Å². The highest BCUT2D eigenvalue weighted by atomic mass is 35.5. The molecule has 14 heteroatoms. The van der Waals surface area contributed by atoms with Gasteiger partial charge in [0.2, 0.25) is 5.95 Å². The van der Waals surface area contributed by atoms with Gasteiger partial charge in [-0.1, -0.05) is 24.3 Å². The van der Waals surface area contributed by atoms with Crippen LogP contribution in [0.25, 0.3) is 22.6 Å². The van der Waals surface area contributed by atoms with Gasteiger partial charge >= 0.3 is 6.18 Å². The van der Waals surface area contributed by atoms with Gasteiger partial charge in [0, 0.05) is 55.8 Å². The van der Waals surface area contributed by atoms with Gasteiger partial charge in [-0.25, -0.2) is 15.0 Å². The summed E-state index contributed by atoms with van der Waals surface area (Å²) in [6.07, 6.45) is -0.518. The van der Waals surface area contributed by atoms with Gasteiger partial charge in [-0.05, 0) is 43.7 Å². The molecule has 44 heavy (non-hydrogen) atoms. The third-order valence-electron chi connectivity index (χ3n) is 6.40. The van der Waals surface area contributed by atoms with E-state index in [2.05, 4.69) is 31.5 Å². The smallest absolute Gasteiger partial charge is 0.432 e. The predicted octanol–water partition coefficient (Wildman–Crippen LogP) is 6.34. The Bertz CT molecular complexity index is 1820. The van der Waals surface area contributed by atoms with Crippen LogP contribution in [0.1, 0.15) is 19.5 Å². The molecule has 1 unspecified atom stereocenters. The second kappa shape index (κ2) is 12.9. The summed E-state index contributed by atoms with van der Waals surface area (Å²) in [5, 5.41) is 11.0. The number of aliphatic imine (C=N–C) groups is 1. The molecule has 0 aliphatic rings. The van der Waals surface area contributed by atoms with Crippen molar-refractivity contribution in [3.8, 4) is 23.0 Å². The van der Waals surface area contributed by atoms with Crippen molar-refractivity contribution >= 4 is 40.2 Å². The molecule has 0 aliphatic carbocycles. The quantitative estimate of drug-likeness (QED) is 0.127. The number of amides is 1. The first-order chi connectivity index (χ1) is 20.6. The second-order valence-electron chi connectivity index (χ2n) is 9.95. The number of benzene rings is 1. The van der Waals surface area contributed by atoms with Crippen molar-refractivity contribution in [2.75, 3.05) is 14.1 Å². The van der Waals surface area contributed by atoms with Crippen molar-refractivity contribution in [1.82, 2.24) is 29.4 Å². The lowest BCUT2D eigenvalue weighted by Gasteiger charge is -2.18. The van der Waals surface area contributed by atoms with E-state index in [9.17, 15) is 23.1 Å². The molecule has 2 N–H and O–H groups in total. The van der Waals surface area contributed by atoms with E-state index in [0.717, 1.165) is 5.52 Å². The van der Waals surface area contributed by atoms with Crippen molar-refractivity contribution in [3.63, 3.8) is 0 Å². The number of carbonyl (C=O) groups is 1. The number of likely N-dealkylation sites (N-methyl/N-ethyl adjacent to an activating group) is 1. The van der Waals surface area contributed by atoms with E-state index in [1.54, 1.807) is 76.0 Å². The van der Waals surface area contributed by atoms with Crippen molar-refractivity contribution < 1.29 is 27.8 Å². The molecule has 0 saturated heterocycles. The molecular formula is C30H29ClF3N7O3. The molecule has 1 atom stereocenters. The Morgan fingerprint density at radius 3 is 2.52 bits per heavy atom. The topological polar surface area (TPSA) is 122 Å². The third-order valence-corrected chi connectivity index (χ3v) is 6.62. The molecule has 0 bridgehead atoms. The molecule has 0 aliphatic heterocycles. The van der Waals surface area contributed by atoms with Crippen LogP contribution in [0, 0.1) is 0 Å². The van der Waals surface area contributed by atoms with Gasteiger partial charge in [0.1, 0.15) is 29.0 Å². The molecule has 4 rings (SSSR count). The Morgan fingerprint density at radius 1 is 1.18 bits per heavy atom. The van der Waals surface area contributed by atoms with E-state index < -0.39 is 23.9 Å². The molecule has 230 valence electrons. The number of fused-ring (bicyclic) bond motifs is 1. The number of imidazole rings is 2. The van der Waals surface area contributed by atoms with Crippen LogP contribution in [-0.2, 0) is 18.0 Å². The molecule has 3 aromatic heterocycles. The maximum Gasteiger partial charge on any atom is 0.432 e. The molecule has 1 amide bonds. The number of pyridine rings is 1. The van der Waals surface area contributed by atoms with Gasteiger partial charge in [0.25, 0.3) is 5.91 Å². The summed E-state index contributed by atoms with van der Waals surface area (Å²) in [7, 11) is 4.92. The largest absolute Gasteiger partial charge is 0.457 e. The summed E-state index contributed by atoms with van der Waals surface area (Å²) in [5.74, 6) is 0.704. The zero-order chi connectivity index (χ0) is 32.3. The molecule has 0 spiro atoms. The summed E-state index contributed by atoms with van der Waals surface area (Å²) in [6, 6.07) is 8.27. The first-order valence-corrected chi connectivity index (χ1v) is 13.4. The number of carbonyl (C=O) groups excluding carboxylic acids is 1. The fourth-order valence-corrected chi connectivity index (χ4v) is 4.22. The second-order valence-corrected chi connectivity index (χ2v) is 10.5. The van der Waals surface area contributed by atoms with Crippen LogP contribution in [0.3, 0.4) is 0 Å². The minimum absolute atomic E-state index is 0.0165. The summed E-state index contributed by atoms with van der Waals surface area (Å²) >= 11 is 6.20. The molecule has 4 aromatic rings. The minimum atomic E-state index is -4.55. The Morgan fingerprint density at radius 2 is 1.89 bits per heavy atom. The number of halogens is 4. The zero-order valence-electron chi connectivity index (χ0n) is 24.4. The molecule has 3 heterocycles. The van der Waals surface area contributed by atoms with Crippen LogP contribution in [0.5, 0.6) is 11.5 Å². The van der Waals surface area contributed by atoms with E-state index in [1.807, 2.05) is 0 Å². The van der Waals surface area contributed by atoms with Gasteiger partial charge in [0.15, 0.2) is 5.82 Å². The van der Waals surface area contributed by atoms with E-state index in [-0.39, 0.29) is 17.1 Å². The maximum absolute atomic E-state index is 12.9.